The Labute approximate surface area is 128 Å². The van der Waals surface area contributed by atoms with Gasteiger partial charge in [0, 0.05) is 14.1 Å². The second kappa shape index (κ2) is 6.00. The number of aryl methyl sites for hydroxylation is 1. The normalized spacial score (nSPS) is 11.1. The average Bonchev–Trinajstić information content (AvgIpc) is 2.78. The van der Waals surface area contributed by atoms with Crippen LogP contribution in [0, 0.1) is 0 Å². The summed E-state index contributed by atoms with van der Waals surface area (Å²) in [7, 11) is 3.63. The van der Waals surface area contributed by atoms with Gasteiger partial charge in [-0.15, -0.1) is 0 Å². The van der Waals surface area contributed by atoms with Crippen molar-refractivity contribution in [3.05, 3.63) is 18.6 Å². The van der Waals surface area contributed by atoms with Crippen molar-refractivity contribution in [2.75, 3.05) is 17.7 Å². The number of nitrogens with zero attached hydrogens (tertiary/aromatic N) is 4. The highest BCUT2D eigenvalue weighted by molar-refractivity contribution is 5.84. The van der Waals surface area contributed by atoms with E-state index in [-0.39, 0.29) is 0 Å². The summed E-state index contributed by atoms with van der Waals surface area (Å²) in [5.41, 5.74) is 0.698. The maximum atomic E-state index is 11.7. The Balaban J connectivity index is 2.12. The number of carbonyl (C=O) groups is 1. The molecule has 2 aromatic heterocycles. The Hall–Kier alpha value is -2.64. The minimum atomic E-state index is -0.553. The average molecular weight is 304 g/mol. The molecule has 0 aromatic carbocycles. The highest BCUT2D eigenvalue weighted by Gasteiger charge is 2.17. The first-order valence-corrected chi connectivity index (χ1v) is 6.82. The fourth-order valence-corrected chi connectivity index (χ4v) is 1.85. The number of ether oxygens (including phenoxy) is 1. The molecule has 0 saturated heterocycles. The fourth-order valence-electron chi connectivity index (χ4n) is 1.85. The molecule has 118 valence electrons. The largest absolute Gasteiger partial charge is 0.444 e. The van der Waals surface area contributed by atoms with Crippen LogP contribution < -0.4 is 10.6 Å². The van der Waals surface area contributed by atoms with Crippen molar-refractivity contribution < 1.29 is 9.53 Å². The third-order valence-electron chi connectivity index (χ3n) is 2.71. The van der Waals surface area contributed by atoms with Gasteiger partial charge in [-0.1, -0.05) is 0 Å². The first kappa shape index (κ1) is 15.7. The van der Waals surface area contributed by atoms with Crippen LogP contribution in [0.25, 0.3) is 11.4 Å². The van der Waals surface area contributed by atoms with Crippen LogP contribution in [-0.2, 0) is 11.8 Å². The predicted octanol–water partition coefficient (Wildman–Crippen LogP) is 2.27. The molecular formula is C14H20N6O2. The van der Waals surface area contributed by atoms with Gasteiger partial charge in [0.1, 0.15) is 11.4 Å². The van der Waals surface area contributed by atoms with Gasteiger partial charge >= 0.3 is 6.09 Å². The Morgan fingerprint density at radius 3 is 2.41 bits per heavy atom. The van der Waals surface area contributed by atoms with Gasteiger partial charge in [-0.25, -0.2) is 14.8 Å². The third-order valence-corrected chi connectivity index (χ3v) is 2.71. The lowest BCUT2D eigenvalue weighted by Gasteiger charge is -2.19. The van der Waals surface area contributed by atoms with E-state index < -0.39 is 11.7 Å². The first-order chi connectivity index (χ1) is 10.3. The van der Waals surface area contributed by atoms with E-state index in [1.54, 1.807) is 38.7 Å². The summed E-state index contributed by atoms with van der Waals surface area (Å²) in [5, 5.41) is 9.79. The van der Waals surface area contributed by atoms with Crippen LogP contribution in [0.4, 0.5) is 16.3 Å². The predicted molar refractivity (Wildman–Crippen MR) is 83.6 cm³/mol. The molecule has 2 rings (SSSR count). The fraction of sp³-hybridized carbons (Fsp3) is 0.429. The van der Waals surface area contributed by atoms with Crippen molar-refractivity contribution in [2.45, 2.75) is 26.4 Å². The van der Waals surface area contributed by atoms with Gasteiger partial charge in [-0.05, 0) is 20.8 Å². The second-order valence-corrected chi connectivity index (χ2v) is 5.70. The molecule has 22 heavy (non-hydrogen) atoms. The van der Waals surface area contributed by atoms with Gasteiger partial charge in [-0.3, -0.25) is 10.00 Å². The standard InChI is InChI=1S/C14H20N6O2/c1-14(2,3)22-13(21)19-9-6-16-11(17-7-9)10-8-18-20(5)12(10)15-4/h6-8,15H,1-5H3,(H,19,21). The van der Waals surface area contributed by atoms with E-state index in [1.807, 2.05) is 7.05 Å². The minimum Gasteiger partial charge on any atom is -0.444 e. The highest BCUT2D eigenvalue weighted by atomic mass is 16.6. The lowest BCUT2D eigenvalue weighted by Crippen LogP contribution is -2.27. The molecule has 0 saturated carbocycles. The Kier molecular flexibility index (Phi) is 4.30. The number of rotatable bonds is 3. The number of amides is 1. The summed E-state index contributed by atoms with van der Waals surface area (Å²) in [6.07, 6.45) is 4.20. The molecule has 2 heterocycles. The van der Waals surface area contributed by atoms with Gasteiger partial charge in [-0.2, -0.15) is 5.10 Å². The van der Waals surface area contributed by atoms with E-state index in [0.29, 0.717) is 11.5 Å². The van der Waals surface area contributed by atoms with E-state index in [1.165, 1.54) is 12.4 Å². The van der Waals surface area contributed by atoms with Crippen LogP contribution >= 0.6 is 0 Å². The van der Waals surface area contributed by atoms with Crippen molar-refractivity contribution in [1.29, 1.82) is 0 Å². The van der Waals surface area contributed by atoms with Crippen LogP contribution in [0.2, 0.25) is 0 Å². The molecular weight excluding hydrogens is 284 g/mol. The summed E-state index contributed by atoms with van der Waals surface area (Å²) >= 11 is 0. The van der Waals surface area contributed by atoms with E-state index in [4.69, 9.17) is 4.74 Å². The molecule has 8 heteroatoms. The molecule has 0 bridgehead atoms. The van der Waals surface area contributed by atoms with Gasteiger partial charge < -0.3 is 10.1 Å². The summed E-state index contributed by atoms with van der Waals surface area (Å²) in [6.45, 7) is 5.40. The van der Waals surface area contributed by atoms with Gasteiger partial charge in [0.05, 0.1) is 29.8 Å². The minimum absolute atomic E-state index is 0.466. The van der Waals surface area contributed by atoms with Crippen LogP contribution in [-0.4, -0.2) is 38.5 Å². The molecule has 1 amide bonds. The Morgan fingerprint density at radius 2 is 1.86 bits per heavy atom. The van der Waals surface area contributed by atoms with Gasteiger partial charge in [0.2, 0.25) is 0 Å². The van der Waals surface area contributed by atoms with Crippen LogP contribution in [0.1, 0.15) is 20.8 Å². The molecule has 0 spiro atoms. The second-order valence-electron chi connectivity index (χ2n) is 5.70. The highest BCUT2D eigenvalue weighted by Crippen LogP contribution is 2.24. The molecule has 2 N–H and O–H groups in total. The number of hydrogen-bond acceptors (Lipinski definition) is 6. The maximum Gasteiger partial charge on any atom is 0.412 e. The van der Waals surface area contributed by atoms with Crippen LogP contribution in [0.15, 0.2) is 18.6 Å². The van der Waals surface area contributed by atoms with Crippen molar-refractivity contribution in [1.82, 2.24) is 19.7 Å². The quantitative estimate of drug-likeness (QED) is 0.903. The van der Waals surface area contributed by atoms with Crippen LogP contribution in [0.5, 0.6) is 0 Å². The van der Waals surface area contributed by atoms with Crippen molar-refractivity contribution in [3.8, 4) is 11.4 Å². The van der Waals surface area contributed by atoms with Gasteiger partial charge in [0.25, 0.3) is 0 Å². The summed E-state index contributed by atoms with van der Waals surface area (Å²) in [6, 6.07) is 0. The number of nitrogens with one attached hydrogen (secondary N) is 2. The summed E-state index contributed by atoms with van der Waals surface area (Å²) in [4.78, 5) is 20.2. The molecule has 0 aliphatic rings. The van der Waals surface area contributed by atoms with Crippen molar-refractivity contribution in [3.63, 3.8) is 0 Å². The number of aromatic nitrogens is 4. The van der Waals surface area contributed by atoms with Gasteiger partial charge in [0.15, 0.2) is 5.82 Å². The molecule has 2 aromatic rings. The summed E-state index contributed by atoms with van der Waals surface area (Å²) < 4.78 is 6.87. The van der Waals surface area contributed by atoms with Crippen molar-refractivity contribution in [2.24, 2.45) is 7.05 Å². The zero-order valence-electron chi connectivity index (χ0n) is 13.3. The van der Waals surface area contributed by atoms with E-state index in [9.17, 15) is 4.79 Å². The molecule has 0 aliphatic heterocycles. The molecule has 0 unspecified atom stereocenters. The molecule has 0 fully saturated rings. The number of hydrogen-bond donors (Lipinski definition) is 2. The lowest BCUT2D eigenvalue weighted by atomic mass is 10.2. The zero-order valence-corrected chi connectivity index (χ0v) is 13.3. The SMILES string of the molecule is CNc1c(-c2ncc(NC(=O)OC(C)(C)C)cn2)cnn1C. The smallest absolute Gasteiger partial charge is 0.412 e. The number of anilines is 2. The van der Waals surface area contributed by atoms with Crippen LogP contribution in [0.3, 0.4) is 0 Å². The topological polar surface area (TPSA) is 94.0 Å². The van der Waals surface area contributed by atoms with E-state index >= 15 is 0 Å². The molecule has 0 radical (unpaired) electrons. The maximum absolute atomic E-state index is 11.7. The molecule has 8 nitrogen and oxygen atoms in total. The number of carbonyl (C=O) groups excluding carboxylic acids is 1. The third kappa shape index (κ3) is 3.72. The Bertz CT molecular complexity index is 657. The summed E-state index contributed by atoms with van der Waals surface area (Å²) in [5.74, 6) is 1.33. The molecule has 0 aliphatic carbocycles. The molecule has 0 atom stereocenters. The van der Waals surface area contributed by atoms with E-state index in [2.05, 4.69) is 25.7 Å². The zero-order chi connectivity index (χ0) is 16.3. The van der Waals surface area contributed by atoms with Crippen molar-refractivity contribution >= 4 is 17.6 Å². The monoisotopic (exact) mass is 304 g/mol. The Morgan fingerprint density at radius 1 is 1.23 bits per heavy atom. The first-order valence-electron chi connectivity index (χ1n) is 6.82. The van der Waals surface area contributed by atoms with E-state index in [0.717, 1.165) is 11.4 Å². The lowest BCUT2D eigenvalue weighted by molar-refractivity contribution is 0.0636.